The molecule has 0 saturated heterocycles. The average molecular weight is 264 g/mol. The largest absolute Gasteiger partial charge is 0.494 e. The molecule has 1 amide bonds. The number of carbonyl (C=O) groups is 1. The van der Waals surface area contributed by atoms with Crippen molar-refractivity contribution in [2.45, 2.75) is 45.4 Å². The summed E-state index contributed by atoms with van der Waals surface area (Å²) >= 11 is 0. The molecule has 1 rings (SSSR count). The number of unbranched alkanes of at least 4 members (excludes halogenated alkanes) is 1. The molecule has 0 aliphatic heterocycles. The summed E-state index contributed by atoms with van der Waals surface area (Å²) in [5.41, 5.74) is 3.50. The predicted octanol–water partition coefficient (Wildman–Crippen LogP) is 2.52. The summed E-state index contributed by atoms with van der Waals surface area (Å²) < 4.78 is 5.69. The number of nitrogens with two attached hydrogens (primary N) is 1. The highest BCUT2D eigenvalue weighted by Gasteiger charge is 2.13. The van der Waals surface area contributed by atoms with E-state index < -0.39 is 0 Å². The maximum Gasteiger partial charge on any atom is 0.233 e. The van der Waals surface area contributed by atoms with Crippen LogP contribution in [0.4, 0.5) is 0 Å². The van der Waals surface area contributed by atoms with Crippen molar-refractivity contribution in [2.24, 2.45) is 5.84 Å². The molecule has 0 atom stereocenters. The van der Waals surface area contributed by atoms with Gasteiger partial charge in [0, 0.05) is 6.42 Å². The monoisotopic (exact) mass is 264 g/mol. The van der Waals surface area contributed by atoms with Crippen molar-refractivity contribution in [3.05, 3.63) is 29.8 Å². The molecule has 0 aliphatic rings. The van der Waals surface area contributed by atoms with E-state index in [1.165, 1.54) is 5.56 Å². The zero-order valence-electron chi connectivity index (χ0n) is 12.0. The Balaban J connectivity index is 2.36. The highest BCUT2D eigenvalue weighted by atomic mass is 16.5. The summed E-state index contributed by atoms with van der Waals surface area (Å²) in [6.07, 6.45) is 2.07. The molecule has 0 radical (unpaired) electrons. The number of ether oxygens (including phenoxy) is 1. The number of rotatable bonds is 6. The molecule has 0 aromatic heterocycles. The third-order valence-corrected chi connectivity index (χ3v) is 2.93. The standard InChI is InChI=1S/C15H24N2O2/c1-15(2,3)12-7-6-8-13(11-12)19-10-5-4-9-14(18)17-16/h6-8,11H,4-5,9-10,16H2,1-3H3,(H,17,18). The van der Waals surface area contributed by atoms with E-state index >= 15 is 0 Å². The van der Waals surface area contributed by atoms with Gasteiger partial charge in [0.1, 0.15) is 5.75 Å². The molecule has 3 N–H and O–H groups in total. The Morgan fingerprint density at radius 2 is 2.05 bits per heavy atom. The van der Waals surface area contributed by atoms with Crippen LogP contribution in [0.25, 0.3) is 0 Å². The van der Waals surface area contributed by atoms with Gasteiger partial charge in [-0.1, -0.05) is 32.9 Å². The lowest BCUT2D eigenvalue weighted by molar-refractivity contribution is -0.121. The quantitative estimate of drug-likeness (QED) is 0.359. The molecule has 0 fully saturated rings. The van der Waals surface area contributed by atoms with Gasteiger partial charge in [-0.3, -0.25) is 10.2 Å². The van der Waals surface area contributed by atoms with Crippen LogP contribution in [0.5, 0.6) is 5.75 Å². The van der Waals surface area contributed by atoms with Gasteiger partial charge in [0.2, 0.25) is 5.91 Å². The van der Waals surface area contributed by atoms with Crippen LogP contribution in [0, 0.1) is 0 Å². The zero-order chi connectivity index (χ0) is 14.3. The number of nitrogens with one attached hydrogen (secondary N) is 1. The Bertz CT molecular complexity index is 411. The topological polar surface area (TPSA) is 64.3 Å². The van der Waals surface area contributed by atoms with Crippen molar-refractivity contribution in [1.29, 1.82) is 0 Å². The van der Waals surface area contributed by atoms with Crippen LogP contribution < -0.4 is 16.0 Å². The molecule has 106 valence electrons. The molecular formula is C15H24N2O2. The molecule has 4 heteroatoms. The van der Waals surface area contributed by atoms with Gasteiger partial charge in [-0.25, -0.2) is 5.84 Å². The van der Waals surface area contributed by atoms with Gasteiger partial charge in [0.15, 0.2) is 0 Å². The maximum atomic E-state index is 10.9. The Kier molecular flexibility index (Phi) is 5.83. The Hall–Kier alpha value is -1.55. The van der Waals surface area contributed by atoms with E-state index in [2.05, 4.69) is 38.3 Å². The van der Waals surface area contributed by atoms with Gasteiger partial charge in [-0.15, -0.1) is 0 Å². The molecule has 1 aromatic rings. The molecule has 0 aliphatic carbocycles. The first-order valence-electron chi connectivity index (χ1n) is 6.66. The third-order valence-electron chi connectivity index (χ3n) is 2.93. The van der Waals surface area contributed by atoms with Gasteiger partial charge in [0.25, 0.3) is 0 Å². The smallest absolute Gasteiger partial charge is 0.233 e. The number of amides is 1. The summed E-state index contributed by atoms with van der Waals surface area (Å²) in [4.78, 5) is 10.9. The lowest BCUT2D eigenvalue weighted by atomic mass is 9.87. The summed E-state index contributed by atoms with van der Waals surface area (Å²) in [5.74, 6) is 5.76. The minimum Gasteiger partial charge on any atom is -0.494 e. The first-order valence-corrected chi connectivity index (χ1v) is 6.66. The highest BCUT2D eigenvalue weighted by Crippen LogP contribution is 2.25. The fraction of sp³-hybridized carbons (Fsp3) is 0.533. The lowest BCUT2D eigenvalue weighted by Crippen LogP contribution is -2.29. The average Bonchev–Trinajstić information content (AvgIpc) is 2.37. The molecule has 0 bridgehead atoms. The van der Waals surface area contributed by atoms with Crippen molar-refractivity contribution in [2.75, 3.05) is 6.61 Å². The maximum absolute atomic E-state index is 10.9. The second-order valence-electron chi connectivity index (χ2n) is 5.65. The van der Waals surface area contributed by atoms with Crippen LogP contribution in [-0.2, 0) is 10.2 Å². The molecule has 4 nitrogen and oxygen atoms in total. The van der Waals surface area contributed by atoms with E-state index in [1.54, 1.807) is 0 Å². The molecular weight excluding hydrogens is 240 g/mol. The first-order chi connectivity index (χ1) is 8.93. The predicted molar refractivity (Wildman–Crippen MR) is 76.8 cm³/mol. The number of hydrogen-bond acceptors (Lipinski definition) is 3. The van der Waals surface area contributed by atoms with Crippen molar-refractivity contribution < 1.29 is 9.53 Å². The molecule has 0 saturated carbocycles. The minimum absolute atomic E-state index is 0.124. The fourth-order valence-electron chi connectivity index (χ4n) is 1.70. The van der Waals surface area contributed by atoms with Crippen LogP contribution in [0.15, 0.2) is 24.3 Å². The van der Waals surface area contributed by atoms with Crippen LogP contribution in [0.3, 0.4) is 0 Å². The van der Waals surface area contributed by atoms with Crippen LogP contribution in [-0.4, -0.2) is 12.5 Å². The van der Waals surface area contributed by atoms with Gasteiger partial charge in [0.05, 0.1) is 6.61 Å². The van der Waals surface area contributed by atoms with Crippen molar-refractivity contribution in [1.82, 2.24) is 5.43 Å². The normalized spacial score (nSPS) is 11.2. The van der Waals surface area contributed by atoms with Crippen molar-refractivity contribution >= 4 is 5.91 Å². The van der Waals surface area contributed by atoms with Crippen LogP contribution >= 0.6 is 0 Å². The van der Waals surface area contributed by atoms with Crippen LogP contribution in [0.1, 0.15) is 45.6 Å². The highest BCUT2D eigenvalue weighted by molar-refractivity contribution is 5.75. The summed E-state index contributed by atoms with van der Waals surface area (Å²) in [6, 6.07) is 8.16. The van der Waals surface area contributed by atoms with E-state index in [9.17, 15) is 4.79 Å². The Morgan fingerprint density at radius 3 is 2.68 bits per heavy atom. The summed E-state index contributed by atoms with van der Waals surface area (Å²) in [7, 11) is 0. The third kappa shape index (κ3) is 5.75. The number of hydrogen-bond donors (Lipinski definition) is 2. The number of benzene rings is 1. The molecule has 0 spiro atoms. The van der Waals surface area contributed by atoms with Gasteiger partial charge in [-0.2, -0.15) is 0 Å². The molecule has 1 aromatic carbocycles. The molecule has 0 heterocycles. The number of carbonyl (C=O) groups excluding carboxylic acids is 1. The minimum atomic E-state index is -0.130. The van der Waals surface area contributed by atoms with Crippen molar-refractivity contribution in [3.8, 4) is 5.75 Å². The van der Waals surface area contributed by atoms with E-state index in [4.69, 9.17) is 10.6 Å². The van der Waals surface area contributed by atoms with Gasteiger partial charge < -0.3 is 4.74 Å². The van der Waals surface area contributed by atoms with E-state index in [0.717, 1.165) is 18.6 Å². The second kappa shape index (κ2) is 7.14. The number of hydrazine groups is 1. The summed E-state index contributed by atoms with van der Waals surface area (Å²) in [5, 5.41) is 0. The zero-order valence-corrected chi connectivity index (χ0v) is 12.0. The Labute approximate surface area is 115 Å². The van der Waals surface area contributed by atoms with Crippen molar-refractivity contribution in [3.63, 3.8) is 0 Å². The van der Waals surface area contributed by atoms with Gasteiger partial charge >= 0.3 is 0 Å². The van der Waals surface area contributed by atoms with E-state index in [-0.39, 0.29) is 11.3 Å². The van der Waals surface area contributed by atoms with Gasteiger partial charge in [-0.05, 0) is 36.0 Å². The SMILES string of the molecule is CC(C)(C)c1cccc(OCCCCC(=O)NN)c1. The first kappa shape index (κ1) is 15.5. The molecule has 19 heavy (non-hydrogen) atoms. The molecule has 0 unspecified atom stereocenters. The second-order valence-corrected chi connectivity index (χ2v) is 5.65. The lowest BCUT2D eigenvalue weighted by Gasteiger charge is -2.19. The van der Waals surface area contributed by atoms with E-state index in [1.807, 2.05) is 12.1 Å². The summed E-state index contributed by atoms with van der Waals surface area (Å²) in [6.45, 7) is 7.15. The van der Waals surface area contributed by atoms with Crippen LogP contribution in [0.2, 0.25) is 0 Å². The Morgan fingerprint density at radius 1 is 1.32 bits per heavy atom. The fourth-order valence-corrected chi connectivity index (χ4v) is 1.70. The van der Waals surface area contributed by atoms with E-state index in [0.29, 0.717) is 13.0 Å².